The van der Waals surface area contributed by atoms with Crippen LogP contribution in [-0.2, 0) is 14.3 Å². The topological polar surface area (TPSA) is 154 Å². The third-order valence-corrected chi connectivity index (χ3v) is 2.17. The Balaban J connectivity index is 4.72. The van der Waals surface area contributed by atoms with Crippen LogP contribution in [0.3, 0.4) is 0 Å². The highest BCUT2D eigenvalue weighted by Gasteiger charge is 2.44. The van der Waals surface area contributed by atoms with Gasteiger partial charge in [-0.25, -0.2) is 9.59 Å². The molecule has 0 radical (unpaired) electrons. The molecule has 110 valence electrons. The minimum absolute atomic E-state index is 0.102. The van der Waals surface area contributed by atoms with Crippen molar-refractivity contribution in [3.05, 3.63) is 0 Å². The van der Waals surface area contributed by atoms with E-state index < -0.39 is 23.1 Å². The molecule has 0 aromatic carbocycles. The first-order chi connectivity index (χ1) is 8.49. The van der Waals surface area contributed by atoms with Gasteiger partial charge in [0.2, 0.25) is 5.54 Å². The molecule has 0 aromatic rings. The van der Waals surface area contributed by atoms with Gasteiger partial charge in [0.05, 0.1) is 0 Å². The first-order valence-corrected chi connectivity index (χ1v) is 5.80. The van der Waals surface area contributed by atoms with Crippen molar-refractivity contribution in [1.29, 1.82) is 0 Å². The SMILES string of the molecule is CC(C)(C)OC(=O)[C@](N)(CCCN=C(N)N)C(=O)O. The molecule has 0 heterocycles. The average molecular weight is 274 g/mol. The second-order valence-corrected chi connectivity index (χ2v) is 5.19. The molecule has 0 unspecified atom stereocenters. The van der Waals surface area contributed by atoms with Crippen molar-refractivity contribution in [2.24, 2.45) is 22.2 Å². The summed E-state index contributed by atoms with van der Waals surface area (Å²) in [4.78, 5) is 26.7. The fourth-order valence-electron chi connectivity index (χ4n) is 1.23. The predicted octanol–water partition coefficient (Wildman–Crippen LogP) is -0.836. The number of hydrogen-bond donors (Lipinski definition) is 4. The monoisotopic (exact) mass is 274 g/mol. The van der Waals surface area contributed by atoms with Gasteiger partial charge in [0, 0.05) is 6.54 Å². The molecule has 0 amide bonds. The van der Waals surface area contributed by atoms with Crippen LogP contribution in [-0.4, -0.2) is 40.7 Å². The molecular weight excluding hydrogens is 252 g/mol. The van der Waals surface area contributed by atoms with E-state index in [1.165, 1.54) is 0 Å². The quantitative estimate of drug-likeness (QED) is 0.162. The highest BCUT2D eigenvalue weighted by atomic mass is 16.6. The van der Waals surface area contributed by atoms with Crippen LogP contribution in [0.5, 0.6) is 0 Å². The number of esters is 1. The van der Waals surface area contributed by atoms with E-state index in [9.17, 15) is 9.59 Å². The molecule has 0 aliphatic heterocycles. The molecule has 1 atom stereocenters. The summed E-state index contributed by atoms with van der Waals surface area (Å²) in [7, 11) is 0. The number of aliphatic imine (C=N–C) groups is 1. The number of ether oxygens (including phenoxy) is 1. The maximum absolute atomic E-state index is 11.8. The predicted molar refractivity (Wildman–Crippen MR) is 70.3 cm³/mol. The van der Waals surface area contributed by atoms with Crippen LogP contribution in [0, 0.1) is 0 Å². The number of rotatable bonds is 6. The molecule has 0 bridgehead atoms. The maximum Gasteiger partial charge on any atom is 0.338 e. The number of nitrogens with two attached hydrogens (primary N) is 3. The lowest BCUT2D eigenvalue weighted by atomic mass is 9.94. The molecule has 0 spiro atoms. The van der Waals surface area contributed by atoms with Gasteiger partial charge in [-0.15, -0.1) is 0 Å². The molecule has 0 aliphatic rings. The standard InChI is InChI=1S/C11H22N4O4/c1-10(2,3)19-8(18)11(14,7(16)17)5-4-6-15-9(12)13/h4-6,14H2,1-3H3,(H,16,17)(H4,12,13,15)/t11-/m0/s1. The summed E-state index contributed by atoms with van der Waals surface area (Å²) in [5.74, 6) is -2.51. The zero-order valence-electron chi connectivity index (χ0n) is 11.5. The van der Waals surface area contributed by atoms with E-state index in [2.05, 4.69) is 4.99 Å². The second-order valence-electron chi connectivity index (χ2n) is 5.19. The highest BCUT2D eigenvalue weighted by Crippen LogP contribution is 2.17. The van der Waals surface area contributed by atoms with E-state index in [1.807, 2.05) is 0 Å². The van der Waals surface area contributed by atoms with Crippen molar-refractivity contribution in [2.45, 2.75) is 44.8 Å². The van der Waals surface area contributed by atoms with Crippen molar-refractivity contribution in [1.82, 2.24) is 0 Å². The summed E-state index contributed by atoms with van der Waals surface area (Å²) in [6.07, 6.45) is 0.133. The second kappa shape index (κ2) is 6.37. The molecule has 0 fully saturated rings. The molecule has 0 rings (SSSR count). The summed E-state index contributed by atoms with van der Waals surface area (Å²) < 4.78 is 5.01. The van der Waals surface area contributed by atoms with Crippen LogP contribution in [0.2, 0.25) is 0 Å². The van der Waals surface area contributed by atoms with E-state index in [-0.39, 0.29) is 25.3 Å². The largest absolute Gasteiger partial charge is 0.479 e. The van der Waals surface area contributed by atoms with E-state index in [1.54, 1.807) is 20.8 Å². The molecule has 19 heavy (non-hydrogen) atoms. The Morgan fingerprint density at radius 1 is 1.26 bits per heavy atom. The Kier molecular flexibility index (Phi) is 5.76. The molecule has 0 saturated carbocycles. The zero-order chi connectivity index (χ0) is 15.3. The summed E-state index contributed by atoms with van der Waals surface area (Å²) in [5.41, 5.74) is 13.0. The van der Waals surface area contributed by atoms with Crippen LogP contribution >= 0.6 is 0 Å². The van der Waals surface area contributed by atoms with Crippen LogP contribution in [0.4, 0.5) is 0 Å². The fourth-order valence-corrected chi connectivity index (χ4v) is 1.23. The van der Waals surface area contributed by atoms with Gasteiger partial charge in [0.15, 0.2) is 5.96 Å². The lowest BCUT2D eigenvalue weighted by Crippen LogP contribution is -2.57. The van der Waals surface area contributed by atoms with Gasteiger partial charge >= 0.3 is 11.9 Å². The highest BCUT2D eigenvalue weighted by molar-refractivity contribution is 6.03. The van der Waals surface area contributed by atoms with Gasteiger partial charge in [0.25, 0.3) is 0 Å². The lowest BCUT2D eigenvalue weighted by Gasteiger charge is -2.27. The third-order valence-electron chi connectivity index (χ3n) is 2.17. The molecule has 0 aliphatic carbocycles. The summed E-state index contributed by atoms with van der Waals surface area (Å²) >= 11 is 0. The first kappa shape index (κ1) is 17.2. The molecule has 0 saturated heterocycles. The number of guanidine groups is 1. The molecule has 0 aromatic heterocycles. The number of carbonyl (C=O) groups is 2. The molecule has 7 N–H and O–H groups in total. The normalized spacial score (nSPS) is 14.3. The number of aliphatic carboxylic acids is 1. The average Bonchev–Trinajstić information content (AvgIpc) is 2.20. The lowest BCUT2D eigenvalue weighted by molar-refractivity contribution is -0.169. The minimum atomic E-state index is -2.09. The van der Waals surface area contributed by atoms with Gasteiger partial charge in [-0.3, -0.25) is 4.99 Å². The van der Waals surface area contributed by atoms with Crippen molar-refractivity contribution in [3.8, 4) is 0 Å². The third kappa shape index (κ3) is 6.05. The number of nitrogens with zero attached hydrogens (tertiary/aromatic N) is 1. The van der Waals surface area contributed by atoms with Crippen LogP contribution in [0.15, 0.2) is 4.99 Å². The number of hydrogen-bond acceptors (Lipinski definition) is 5. The summed E-state index contributed by atoms with van der Waals surface area (Å²) in [6, 6.07) is 0. The summed E-state index contributed by atoms with van der Waals surface area (Å²) in [6.45, 7) is 5.09. The molecule has 8 heteroatoms. The number of carbonyl (C=O) groups excluding carboxylic acids is 1. The maximum atomic E-state index is 11.8. The first-order valence-electron chi connectivity index (χ1n) is 5.80. The smallest absolute Gasteiger partial charge is 0.338 e. The Morgan fingerprint density at radius 2 is 1.79 bits per heavy atom. The van der Waals surface area contributed by atoms with Crippen LogP contribution in [0.25, 0.3) is 0 Å². The fraction of sp³-hybridized carbons (Fsp3) is 0.727. The van der Waals surface area contributed by atoms with E-state index in [0.717, 1.165) is 0 Å². The Bertz CT molecular complexity index is 371. The zero-order valence-corrected chi connectivity index (χ0v) is 11.5. The van der Waals surface area contributed by atoms with Gasteiger partial charge in [-0.2, -0.15) is 0 Å². The van der Waals surface area contributed by atoms with Crippen molar-refractivity contribution in [3.63, 3.8) is 0 Å². The van der Waals surface area contributed by atoms with E-state index in [4.69, 9.17) is 27.0 Å². The Morgan fingerprint density at radius 3 is 2.16 bits per heavy atom. The van der Waals surface area contributed by atoms with Gasteiger partial charge < -0.3 is 27.0 Å². The Hall–Kier alpha value is -1.83. The molecule has 8 nitrogen and oxygen atoms in total. The van der Waals surface area contributed by atoms with Crippen molar-refractivity contribution < 1.29 is 19.4 Å². The van der Waals surface area contributed by atoms with Gasteiger partial charge in [-0.05, 0) is 33.6 Å². The van der Waals surface area contributed by atoms with E-state index in [0.29, 0.717) is 0 Å². The minimum Gasteiger partial charge on any atom is -0.479 e. The Labute approximate surface area is 112 Å². The number of carboxylic acid groups (broad SMARTS) is 1. The van der Waals surface area contributed by atoms with Crippen LogP contribution in [0.1, 0.15) is 33.6 Å². The van der Waals surface area contributed by atoms with Crippen molar-refractivity contribution >= 4 is 17.9 Å². The molecular formula is C11H22N4O4. The van der Waals surface area contributed by atoms with Gasteiger partial charge in [0.1, 0.15) is 5.60 Å². The summed E-state index contributed by atoms with van der Waals surface area (Å²) in [5, 5.41) is 9.10. The van der Waals surface area contributed by atoms with Gasteiger partial charge in [-0.1, -0.05) is 0 Å². The van der Waals surface area contributed by atoms with Crippen molar-refractivity contribution in [2.75, 3.05) is 6.54 Å². The van der Waals surface area contributed by atoms with Crippen LogP contribution < -0.4 is 17.2 Å². The van der Waals surface area contributed by atoms with E-state index >= 15 is 0 Å². The number of carboxylic acids is 1.